The largest absolute Gasteiger partial charge is 0.503 e. The first kappa shape index (κ1) is 15.6. The van der Waals surface area contributed by atoms with E-state index in [2.05, 4.69) is 15.2 Å². The smallest absolute Gasteiger partial charge is 0.270 e. The van der Waals surface area contributed by atoms with Crippen LogP contribution in [0.2, 0.25) is 0 Å². The highest BCUT2D eigenvalue weighted by molar-refractivity contribution is 5.98. The maximum absolute atomic E-state index is 12.9. The Morgan fingerprint density at radius 2 is 2.05 bits per heavy atom. The summed E-state index contributed by atoms with van der Waals surface area (Å²) in [5, 5.41) is 17.4. The zero-order chi connectivity index (χ0) is 16.1. The number of nitrogens with zero attached hydrogens (tertiary/aromatic N) is 3. The number of carbonyl (C=O) groups excluding carboxylic acids is 1. The van der Waals surface area contributed by atoms with Crippen LogP contribution in [0.25, 0.3) is 5.70 Å². The molecular formula is C15H14FN3O3. The van der Waals surface area contributed by atoms with Crippen molar-refractivity contribution in [3.63, 3.8) is 0 Å². The molecule has 0 fully saturated rings. The number of rotatable bonds is 5. The molecular weight excluding hydrogens is 289 g/mol. The quantitative estimate of drug-likeness (QED) is 0.521. The maximum atomic E-state index is 12.9. The minimum atomic E-state index is -0.557. The number of ketones is 1. The van der Waals surface area contributed by atoms with E-state index in [4.69, 9.17) is 4.42 Å². The molecule has 2 rings (SSSR count). The van der Waals surface area contributed by atoms with Crippen molar-refractivity contribution in [1.29, 1.82) is 0 Å². The van der Waals surface area contributed by atoms with Crippen LogP contribution in [0.5, 0.6) is 0 Å². The van der Waals surface area contributed by atoms with E-state index >= 15 is 0 Å². The van der Waals surface area contributed by atoms with E-state index in [1.165, 1.54) is 25.3 Å². The van der Waals surface area contributed by atoms with Gasteiger partial charge in [0.2, 0.25) is 5.89 Å². The average molecular weight is 303 g/mol. The van der Waals surface area contributed by atoms with Crippen LogP contribution in [-0.2, 0) is 11.2 Å². The van der Waals surface area contributed by atoms with Crippen molar-refractivity contribution < 1.29 is 18.7 Å². The normalized spacial score (nSPS) is 12.5. The van der Waals surface area contributed by atoms with E-state index in [0.717, 1.165) is 5.56 Å². The van der Waals surface area contributed by atoms with E-state index in [1.54, 1.807) is 19.1 Å². The number of aromatic nitrogens is 2. The molecule has 114 valence electrons. The first-order chi connectivity index (χ1) is 10.5. The molecule has 6 nitrogen and oxygen atoms in total. The van der Waals surface area contributed by atoms with Crippen molar-refractivity contribution in [2.24, 2.45) is 4.99 Å². The Morgan fingerprint density at radius 1 is 1.36 bits per heavy atom. The number of carbonyl (C=O) groups is 1. The molecule has 1 heterocycles. The lowest BCUT2D eigenvalue weighted by Crippen LogP contribution is -1.99. The Hall–Kier alpha value is -2.83. The fraction of sp³-hybridized carbons (Fsp3) is 0.200. The molecule has 7 heteroatoms. The molecule has 0 aliphatic carbocycles. The van der Waals surface area contributed by atoms with E-state index in [1.807, 2.05) is 0 Å². The number of hydrogen-bond donors (Lipinski definition) is 1. The topological polar surface area (TPSA) is 88.6 Å². The molecule has 0 spiro atoms. The Bertz CT molecular complexity index is 733. The van der Waals surface area contributed by atoms with Crippen molar-refractivity contribution in [2.75, 3.05) is 0 Å². The third-order valence-electron chi connectivity index (χ3n) is 2.75. The highest BCUT2D eigenvalue weighted by Crippen LogP contribution is 2.19. The molecule has 2 aromatic rings. The molecule has 22 heavy (non-hydrogen) atoms. The Balaban J connectivity index is 2.28. The summed E-state index contributed by atoms with van der Waals surface area (Å²) < 4.78 is 18.3. The third-order valence-corrected chi connectivity index (χ3v) is 2.75. The molecule has 0 aliphatic heterocycles. The molecule has 0 amide bonds. The lowest BCUT2D eigenvalue weighted by atomic mass is 10.1. The number of benzene rings is 1. The van der Waals surface area contributed by atoms with E-state index in [-0.39, 0.29) is 23.3 Å². The van der Waals surface area contributed by atoms with Gasteiger partial charge in [-0.05, 0) is 24.6 Å². The lowest BCUT2D eigenvalue weighted by Gasteiger charge is -1.99. The van der Waals surface area contributed by atoms with E-state index < -0.39 is 11.5 Å². The van der Waals surface area contributed by atoms with Crippen LogP contribution in [0, 0.1) is 5.82 Å². The maximum Gasteiger partial charge on any atom is 0.270 e. The van der Waals surface area contributed by atoms with Crippen LogP contribution in [0.1, 0.15) is 31.2 Å². The number of aliphatic hydroxyl groups is 1. The van der Waals surface area contributed by atoms with Crippen LogP contribution >= 0.6 is 0 Å². The number of aliphatic hydroxyl groups excluding tert-OH is 1. The summed E-state index contributed by atoms with van der Waals surface area (Å²) in [5.74, 6) is -1.22. The number of allylic oxidation sites excluding steroid dienone is 1. The monoisotopic (exact) mass is 303 g/mol. The molecule has 0 unspecified atom stereocenters. The van der Waals surface area contributed by atoms with Crippen LogP contribution in [-0.4, -0.2) is 27.3 Å². The van der Waals surface area contributed by atoms with Gasteiger partial charge in [0.15, 0.2) is 17.2 Å². The molecule has 0 radical (unpaired) electrons. The average Bonchev–Trinajstić information content (AvgIpc) is 2.94. The second-order valence-corrected chi connectivity index (χ2v) is 4.44. The van der Waals surface area contributed by atoms with Gasteiger partial charge in [-0.1, -0.05) is 12.1 Å². The molecule has 0 bridgehead atoms. The van der Waals surface area contributed by atoms with Crippen molar-refractivity contribution in [2.45, 2.75) is 20.3 Å². The van der Waals surface area contributed by atoms with Crippen LogP contribution in [0.4, 0.5) is 4.39 Å². The molecule has 0 saturated carbocycles. The molecule has 0 aliphatic rings. The summed E-state index contributed by atoms with van der Waals surface area (Å²) >= 11 is 0. The van der Waals surface area contributed by atoms with Gasteiger partial charge in [0.05, 0.1) is 6.42 Å². The van der Waals surface area contributed by atoms with E-state index in [9.17, 15) is 14.3 Å². The van der Waals surface area contributed by atoms with Gasteiger partial charge in [0.25, 0.3) is 5.89 Å². The minimum Gasteiger partial charge on any atom is -0.503 e. The zero-order valence-corrected chi connectivity index (χ0v) is 12.1. The van der Waals surface area contributed by atoms with Gasteiger partial charge in [-0.25, -0.2) is 4.39 Å². The highest BCUT2D eigenvalue weighted by Gasteiger charge is 2.18. The van der Waals surface area contributed by atoms with Crippen molar-refractivity contribution in [3.8, 4) is 0 Å². The Morgan fingerprint density at radius 3 is 2.64 bits per heavy atom. The van der Waals surface area contributed by atoms with Gasteiger partial charge in [-0.15, -0.1) is 10.2 Å². The summed E-state index contributed by atoms with van der Waals surface area (Å²) in [5.41, 5.74) is 0.713. The number of Topliss-reactive ketones (excluding diaryl/α,β-unsaturated/α-hetero) is 1. The number of halogens is 1. The lowest BCUT2D eigenvalue weighted by molar-refractivity contribution is -0.115. The van der Waals surface area contributed by atoms with E-state index in [0.29, 0.717) is 6.42 Å². The summed E-state index contributed by atoms with van der Waals surface area (Å²) in [6.45, 7) is 2.83. The fourth-order valence-corrected chi connectivity index (χ4v) is 1.71. The third kappa shape index (κ3) is 3.63. The number of hydrogen-bond acceptors (Lipinski definition) is 6. The number of aliphatic imine (C=N–C) groups is 1. The van der Waals surface area contributed by atoms with Crippen molar-refractivity contribution in [1.82, 2.24) is 10.2 Å². The molecule has 0 atom stereocenters. The van der Waals surface area contributed by atoms with Crippen LogP contribution < -0.4 is 0 Å². The molecule has 1 aromatic heterocycles. The molecule has 1 N–H and O–H groups in total. The Labute approximate surface area is 126 Å². The standard InChI is InChI=1S/C15H14FN3O3/c1-3-17-13(14(21)9(2)20)15-19-18-12(22-15)8-10-4-6-11(16)7-5-10/h3-7,21H,8H2,1-2H3/b14-13+,17-3?. The molecule has 0 saturated heterocycles. The first-order valence-corrected chi connectivity index (χ1v) is 6.51. The van der Waals surface area contributed by atoms with Crippen LogP contribution in [0.15, 0.2) is 39.4 Å². The van der Waals surface area contributed by atoms with Gasteiger partial charge < -0.3 is 9.52 Å². The van der Waals surface area contributed by atoms with Crippen molar-refractivity contribution >= 4 is 17.7 Å². The van der Waals surface area contributed by atoms with Crippen molar-refractivity contribution in [3.05, 3.63) is 53.2 Å². The summed E-state index contributed by atoms with van der Waals surface area (Å²) in [4.78, 5) is 15.1. The van der Waals surface area contributed by atoms with Gasteiger partial charge in [0.1, 0.15) is 5.82 Å². The second kappa shape index (κ2) is 6.75. The molecule has 1 aromatic carbocycles. The predicted octanol–water partition coefficient (Wildman–Crippen LogP) is 2.71. The summed E-state index contributed by atoms with van der Waals surface area (Å²) in [6.07, 6.45) is 1.70. The second-order valence-electron chi connectivity index (χ2n) is 4.44. The SMILES string of the molecule is CC=N/C(=C(/O)C(C)=O)c1nnc(Cc2ccc(F)cc2)o1. The van der Waals surface area contributed by atoms with Crippen LogP contribution in [0.3, 0.4) is 0 Å². The van der Waals surface area contributed by atoms with Gasteiger partial charge in [0, 0.05) is 13.1 Å². The Kier molecular flexibility index (Phi) is 4.77. The summed E-state index contributed by atoms with van der Waals surface area (Å²) in [6, 6.07) is 5.88. The first-order valence-electron chi connectivity index (χ1n) is 6.51. The van der Waals surface area contributed by atoms with Gasteiger partial charge in [-0.3, -0.25) is 9.79 Å². The summed E-state index contributed by atoms with van der Waals surface area (Å²) in [7, 11) is 0. The fourth-order valence-electron chi connectivity index (χ4n) is 1.71. The van der Waals surface area contributed by atoms with Gasteiger partial charge >= 0.3 is 0 Å². The predicted molar refractivity (Wildman–Crippen MR) is 77.9 cm³/mol. The zero-order valence-electron chi connectivity index (χ0n) is 12.1. The minimum absolute atomic E-state index is 0.0529. The van der Waals surface area contributed by atoms with Gasteiger partial charge in [-0.2, -0.15) is 0 Å². The highest BCUT2D eigenvalue weighted by atomic mass is 19.1.